The van der Waals surface area contributed by atoms with Gasteiger partial charge in [-0.15, -0.1) is 0 Å². The Labute approximate surface area is 116 Å². The van der Waals surface area contributed by atoms with E-state index in [1.165, 1.54) is 0 Å². The maximum Gasteiger partial charge on any atom is 0.310 e. The van der Waals surface area contributed by atoms with Gasteiger partial charge in [0, 0.05) is 13.5 Å². The molecule has 1 aromatic heterocycles. The Kier molecular flexibility index (Phi) is 3.54. The summed E-state index contributed by atoms with van der Waals surface area (Å²) in [5.41, 5.74) is 1.30. The first-order chi connectivity index (χ1) is 8.35. The molecular formula is C13H19BrN2O2. The Bertz CT molecular complexity index is 484. The summed E-state index contributed by atoms with van der Waals surface area (Å²) in [6.45, 7) is 4.06. The predicted octanol–water partition coefficient (Wildman–Crippen LogP) is 2.92. The predicted molar refractivity (Wildman–Crippen MR) is 72.4 cm³/mol. The van der Waals surface area contributed by atoms with Crippen molar-refractivity contribution in [3.63, 3.8) is 0 Å². The zero-order valence-electron chi connectivity index (χ0n) is 11.0. The molecule has 1 fully saturated rings. The van der Waals surface area contributed by atoms with Gasteiger partial charge in [-0.2, -0.15) is 5.10 Å². The average Bonchev–Trinajstić information content (AvgIpc) is 2.77. The van der Waals surface area contributed by atoms with Gasteiger partial charge in [0.2, 0.25) is 0 Å². The van der Waals surface area contributed by atoms with E-state index >= 15 is 0 Å². The summed E-state index contributed by atoms with van der Waals surface area (Å²) in [4.78, 5) is 11.7. The minimum Gasteiger partial charge on any atom is -0.481 e. The molecule has 0 bridgehead atoms. The van der Waals surface area contributed by atoms with Gasteiger partial charge in [0.05, 0.1) is 21.3 Å². The summed E-state index contributed by atoms with van der Waals surface area (Å²) < 4.78 is 2.75. The van der Waals surface area contributed by atoms with E-state index in [0.29, 0.717) is 12.3 Å². The van der Waals surface area contributed by atoms with Gasteiger partial charge in [0.15, 0.2) is 0 Å². The van der Waals surface area contributed by atoms with Crippen molar-refractivity contribution in [2.75, 3.05) is 0 Å². The summed E-state index contributed by atoms with van der Waals surface area (Å²) in [6.07, 6.45) is 3.09. The Balaban J connectivity index is 2.33. The molecule has 1 aromatic rings. The van der Waals surface area contributed by atoms with Crippen molar-refractivity contribution < 1.29 is 9.90 Å². The van der Waals surface area contributed by atoms with E-state index in [0.717, 1.165) is 35.1 Å². The smallest absolute Gasteiger partial charge is 0.310 e. The summed E-state index contributed by atoms with van der Waals surface area (Å²) >= 11 is 3.52. The lowest BCUT2D eigenvalue weighted by Gasteiger charge is -2.24. The third-order valence-electron chi connectivity index (χ3n) is 4.08. The second kappa shape index (κ2) is 4.68. The number of carbonyl (C=O) groups is 1. The number of hydrogen-bond donors (Lipinski definition) is 1. The van der Waals surface area contributed by atoms with Crippen molar-refractivity contribution in [3.05, 3.63) is 15.9 Å². The lowest BCUT2D eigenvalue weighted by atomic mass is 9.81. The van der Waals surface area contributed by atoms with Crippen LogP contribution in [0.2, 0.25) is 0 Å². The summed E-state index contributed by atoms with van der Waals surface area (Å²) in [6, 6.07) is 0. The highest BCUT2D eigenvalue weighted by Gasteiger charge is 2.45. The van der Waals surface area contributed by atoms with Crippen LogP contribution in [-0.4, -0.2) is 20.9 Å². The first kappa shape index (κ1) is 13.6. The molecule has 0 aromatic carbocycles. The first-order valence-corrected chi connectivity index (χ1v) is 7.06. The van der Waals surface area contributed by atoms with Crippen molar-refractivity contribution >= 4 is 21.9 Å². The highest BCUT2D eigenvalue weighted by Crippen LogP contribution is 2.45. The molecule has 0 radical (unpaired) electrons. The highest BCUT2D eigenvalue weighted by atomic mass is 79.9. The van der Waals surface area contributed by atoms with Crippen molar-refractivity contribution in [1.82, 2.24) is 9.78 Å². The topological polar surface area (TPSA) is 55.1 Å². The van der Waals surface area contributed by atoms with Crippen molar-refractivity contribution in [2.45, 2.75) is 39.5 Å². The van der Waals surface area contributed by atoms with Gasteiger partial charge in [0.1, 0.15) is 0 Å². The number of nitrogens with zero attached hydrogens (tertiary/aromatic N) is 2. The minimum atomic E-state index is -0.669. The normalized spacial score (nSPS) is 27.7. The molecule has 0 amide bonds. The third kappa shape index (κ3) is 2.20. The maximum absolute atomic E-state index is 11.7. The SMILES string of the molecule is Cc1nn(C)c(CC2(C(=O)O)CCC(C)C2)c1Br. The van der Waals surface area contributed by atoms with E-state index in [1.807, 2.05) is 14.0 Å². The molecule has 0 saturated heterocycles. The van der Waals surface area contributed by atoms with Crippen LogP contribution >= 0.6 is 15.9 Å². The van der Waals surface area contributed by atoms with Crippen LogP contribution in [0, 0.1) is 18.3 Å². The fraction of sp³-hybridized carbons (Fsp3) is 0.692. The third-order valence-corrected chi connectivity index (χ3v) is 5.11. The van der Waals surface area contributed by atoms with Crippen LogP contribution in [0.5, 0.6) is 0 Å². The van der Waals surface area contributed by atoms with E-state index in [-0.39, 0.29) is 0 Å². The molecule has 2 atom stereocenters. The van der Waals surface area contributed by atoms with E-state index in [2.05, 4.69) is 28.0 Å². The number of aromatic nitrogens is 2. The zero-order valence-corrected chi connectivity index (χ0v) is 12.6. The molecule has 100 valence electrons. The van der Waals surface area contributed by atoms with Crippen LogP contribution in [-0.2, 0) is 18.3 Å². The Morgan fingerprint density at radius 2 is 2.33 bits per heavy atom. The molecule has 0 aliphatic heterocycles. The Hall–Kier alpha value is -0.840. The maximum atomic E-state index is 11.7. The molecule has 1 aliphatic rings. The fourth-order valence-electron chi connectivity index (χ4n) is 3.02. The highest BCUT2D eigenvalue weighted by molar-refractivity contribution is 9.10. The quantitative estimate of drug-likeness (QED) is 0.933. The largest absolute Gasteiger partial charge is 0.481 e. The van der Waals surface area contributed by atoms with Crippen molar-refractivity contribution in [1.29, 1.82) is 0 Å². The molecule has 1 heterocycles. The fourth-order valence-corrected chi connectivity index (χ4v) is 3.49. The lowest BCUT2D eigenvalue weighted by Crippen LogP contribution is -2.31. The second-order valence-corrected chi connectivity index (χ2v) is 6.37. The summed E-state index contributed by atoms with van der Waals surface area (Å²) in [7, 11) is 1.88. The van der Waals surface area contributed by atoms with E-state index in [4.69, 9.17) is 0 Å². The number of rotatable bonds is 3. The van der Waals surface area contributed by atoms with Crippen LogP contribution < -0.4 is 0 Å². The molecular weight excluding hydrogens is 296 g/mol. The number of carboxylic acids is 1. The minimum absolute atomic E-state index is 0.495. The summed E-state index contributed by atoms with van der Waals surface area (Å²) in [5.74, 6) is -0.174. The van der Waals surface area contributed by atoms with Crippen LogP contribution in [0.25, 0.3) is 0 Å². The molecule has 1 N–H and O–H groups in total. The molecule has 1 aliphatic carbocycles. The van der Waals surface area contributed by atoms with Crippen LogP contribution in [0.4, 0.5) is 0 Å². The van der Waals surface area contributed by atoms with Gasteiger partial charge in [-0.3, -0.25) is 9.48 Å². The van der Waals surface area contributed by atoms with Gasteiger partial charge in [-0.25, -0.2) is 0 Å². The number of aryl methyl sites for hydroxylation is 2. The molecule has 5 heteroatoms. The van der Waals surface area contributed by atoms with E-state index in [9.17, 15) is 9.90 Å². The molecule has 2 unspecified atom stereocenters. The Morgan fingerprint density at radius 1 is 1.67 bits per heavy atom. The van der Waals surface area contributed by atoms with Crippen molar-refractivity contribution in [2.24, 2.45) is 18.4 Å². The number of halogens is 1. The van der Waals surface area contributed by atoms with Gasteiger partial charge < -0.3 is 5.11 Å². The molecule has 18 heavy (non-hydrogen) atoms. The molecule has 1 saturated carbocycles. The van der Waals surface area contributed by atoms with Gasteiger partial charge >= 0.3 is 5.97 Å². The van der Waals surface area contributed by atoms with Crippen LogP contribution in [0.1, 0.15) is 37.6 Å². The van der Waals surface area contributed by atoms with Gasteiger partial charge in [0.25, 0.3) is 0 Å². The zero-order chi connectivity index (χ0) is 13.5. The number of hydrogen-bond acceptors (Lipinski definition) is 2. The Morgan fingerprint density at radius 3 is 2.72 bits per heavy atom. The molecule has 2 rings (SSSR count). The van der Waals surface area contributed by atoms with Crippen molar-refractivity contribution in [3.8, 4) is 0 Å². The van der Waals surface area contributed by atoms with E-state index < -0.39 is 11.4 Å². The van der Waals surface area contributed by atoms with E-state index in [1.54, 1.807) is 4.68 Å². The van der Waals surface area contributed by atoms with Gasteiger partial charge in [-0.1, -0.05) is 6.92 Å². The molecule has 4 nitrogen and oxygen atoms in total. The number of carboxylic acid groups (broad SMARTS) is 1. The van der Waals surface area contributed by atoms with Crippen LogP contribution in [0.15, 0.2) is 4.47 Å². The molecule has 0 spiro atoms. The first-order valence-electron chi connectivity index (χ1n) is 6.27. The van der Waals surface area contributed by atoms with Gasteiger partial charge in [-0.05, 0) is 48.0 Å². The monoisotopic (exact) mass is 314 g/mol. The lowest BCUT2D eigenvalue weighted by molar-refractivity contribution is -0.148. The standard InChI is InChI=1S/C13H19BrN2O2/c1-8-4-5-13(6-8,12(17)18)7-10-11(14)9(2)15-16(10)3/h8H,4-7H2,1-3H3,(H,17,18). The van der Waals surface area contributed by atoms with Crippen LogP contribution in [0.3, 0.4) is 0 Å². The second-order valence-electron chi connectivity index (χ2n) is 5.58. The average molecular weight is 315 g/mol. The number of aliphatic carboxylic acids is 1. The summed E-state index contributed by atoms with van der Waals surface area (Å²) in [5, 5.41) is 13.9.